The van der Waals surface area contributed by atoms with E-state index in [0.717, 1.165) is 38.6 Å². The van der Waals surface area contributed by atoms with Crippen LogP contribution >= 0.6 is 0 Å². The van der Waals surface area contributed by atoms with Crippen molar-refractivity contribution in [2.45, 2.75) is 51.1 Å². The summed E-state index contributed by atoms with van der Waals surface area (Å²) >= 11 is 0. The zero-order valence-corrected chi connectivity index (χ0v) is 10.6. The molecule has 0 aromatic carbocycles. The van der Waals surface area contributed by atoms with E-state index in [2.05, 4.69) is 6.92 Å². The molecule has 98 valence electrons. The Balaban J connectivity index is 2.03. The van der Waals surface area contributed by atoms with Crippen LogP contribution < -0.4 is 5.73 Å². The van der Waals surface area contributed by atoms with Crippen molar-refractivity contribution in [2.75, 3.05) is 13.2 Å². The van der Waals surface area contributed by atoms with Gasteiger partial charge in [-0.25, -0.2) is 0 Å². The molecule has 1 saturated heterocycles. The predicted octanol–water partition coefficient (Wildman–Crippen LogP) is 0.733. The third-order valence-corrected chi connectivity index (χ3v) is 4.48. The lowest BCUT2D eigenvalue weighted by Gasteiger charge is -2.36. The van der Waals surface area contributed by atoms with E-state index >= 15 is 0 Å². The fourth-order valence-corrected chi connectivity index (χ4v) is 3.26. The molecule has 0 bridgehead atoms. The van der Waals surface area contributed by atoms with Crippen molar-refractivity contribution in [3.8, 4) is 0 Å². The molecular weight excluding hydrogens is 216 g/mol. The summed E-state index contributed by atoms with van der Waals surface area (Å²) in [4.78, 5) is 14.3. The largest absolute Gasteiger partial charge is 0.394 e. The number of nitrogens with two attached hydrogens (primary N) is 1. The van der Waals surface area contributed by atoms with E-state index in [-0.39, 0.29) is 30.5 Å². The summed E-state index contributed by atoms with van der Waals surface area (Å²) in [6.07, 6.45) is 5.09. The minimum Gasteiger partial charge on any atom is -0.394 e. The smallest absolute Gasteiger partial charge is 0.227 e. The van der Waals surface area contributed by atoms with Gasteiger partial charge in [-0.05, 0) is 31.6 Å². The second-order valence-electron chi connectivity index (χ2n) is 5.60. The molecule has 1 heterocycles. The van der Waals surface area contributed by atoms with Crippen LogP contribution in [0.25, 0.3) is 0 Å². The van der Waals surface area contributed by atoms with Gasteiger partial charge in [0.2, 0.25) is 5.91 Å². The van der Waals surface area contributed by atoms with Crippen molar-refractivity contribution >= 4 is 5.91 Å². The van der Waals surface area contributed by atoms with Crippen LogP contribution in [0.5, 0.6) is 0 Å². The Morgan fingerprint density at radius 3 is 2.82 bits per heavy atom. The van der Waals surface area contributed by atoms with E-state index in [9.17, 15) is 9.90 Å². The summed E-state index contributed by atoms with van der Waals surface area (Å²) in [7, 11) is 0. The van der Waals surface area contributed by atoms with Crippen molar-refractivity contribution in [1.29, 1.82) is 0 Å². The van der Waals surface area contributed by atoms with Gasteiger partial charge in [0.1, 0.15) is 0 Å². The third kappa shape index (κ3) is 2.47. The Hall–Kier alpha value is -0.610. The number of aliphatic hydroxyl groups excluding tert-OH is 1. The van der Waals surface area contributed by atoms with Gasteiger partial charge >= 0.3 is 0 Å². The van der Waals surface area contributed by atoms with Crippen molar-refractivity contribution in [2.24, 2.45) is 17.6 Å². The molecule has 1 saturated carbocycles. The van der Waals surface area contributed by atoms with E-state index in [4.69, 9.17) is 5.73 Å². The fourth-order valence-electron chi connectivity index (χ4n) is 3.26. The normalized spacial score (nSPS) is 38.4. The second kappa shape index (κ2) is 5.36. The van der Waals surface area contributed by atoms with Crippen molar-refractivity contribution < 1.29 is 9.90 Å². The number of hydrogen-bond donors (Lipinski definition) is 2. The molecule has 1 aliphatic heterocycles. The number of aliphatic hydroxyl groups is 1. The Kier molecular flexibility index (Phi) is 4.05. The van der Waals surface area contributed by atoms with Gasteiger partial charge in [-0.1, -0.05) is 13.3 Å². The van der Waals surface area contributed by atoms with E-state index in [1.807, 2.05) is 4.90 Å². The van der Waals surface area contributed by atoms with Crippen LogP contribution in [-0.2, 0) is 4.79 Å². The summed E-state index contributed by atoms with van der Waals surface area (Å²) in [6, 6.07) is 0.0307. The monoisotopic (exact) mass is 240 g/mol. The van der Waals surface area contributed by atoms with Gasteiger partial charge in [-0.2, -0.15) is 0 Å². The Morgan fingerprint density at radius 2 is 2.12 bits per heavy atom. The molecule has 2 rings (SSSR count). The van der Waals surface area contributed by atoms with Crippen LogP contribution in [0.2, 0.25) is 0 Å². The third-order valence-electron chi connectivity index (χ3n) is 4.48. The molecule has 4 nitrogen and oxygen atoms in total. The van der Waals surface area contributed by atoms with Crippen LogP contribution in [0, 0.1) is 11.8 Å². The first kappa shape index (κ1) is 12.8. The highest BCUT2D eigenvalue weighted by molar-refractivity contribution is 5.80. The number of amides is 1. The van der Waals surface area contributed by atoms with Gasteiger partial charge in [0, 0.05) is 12.6 Å². The van der Waals surface area contributed by atoms with Gasteiger partial charge < -0.3 is 15.7 Å². The highest BCUT2D eigenvalue weighted by Crippen LogP contribution is 2.31. The minimum atomic E-state index is -0.0223. The van der Waals surface area contributed by atoms with Crippen molar-refractivity contribution in [3.63, 3.8) is 0 Å². The molecule has 0 aromatic heterocycles. The number of hydrogen-bond acceptors (Lipinski definition) is 3. The summed E-state index contributed by atoms with van der Waals surface area (Å²) in [5.41, 5.74) is 6.17. The molecule has 1 amide bonds. The van der Waals surface area contributed by atoms with Crippen LogP contribution in [-0.4, -0.2) is 41.1 Å². The quantitative estimate of drug-likeness (QED) is 0.748. The molecule has 0 aromatic rings. The first-order valence-corrected chi connectivity index (χ1v) is 6.82. The molecule has 17 heavy (non-hydrogen) atoms. The van der Waals surface area contributed by atoms with Crippen LogP contribution in [0.4, 0.5) is 0 Å². The molecule has 0 radical (unpaired) electrons. The molecule has 4 heteroatoms. The van der Waals surface area contributed by atoms with Crippen LogP contribution in [0.1, 0.15) is 39.0 Å². The Labute approximate surface area is 103 Å². The molecule has 1 aliphatic carbocycles. The number of carbonyl (C=O) groups excluding carboxylic acids is 1. The lowest BCUT2D eigenvalue weighted by atomic mass is 9.77. The maximum atomic E-state index is 12.5. The molecular formula is C13H24N2O2. The fraction of sp³-hybridized carbons (Fsp3) is 0.923. The zero-order chi connectivity index (χ0) is 12.4. The molecule has 2 fully saturated rings. The van der Waals surface area contributed by atoms with Crippen molar-refractivity contribution in [3.05, 3.63) is 0 Å². The standard InChI is InChI=1S/C13H24N2O2/c1-9-4-2-6-11(12(9)14)13(17)15-7-3-5-10(15)8-16/h9-12,16H,2-8,14H2,1H3. The molecule has 4 atom stereocenters. The molecule has 3 N–H and O–H groups in total. The zero-order valence-electron chi connectivity index (χ0n) is 10.6. The average molecular weight is 240 g/mol. The minimum absolute atomic E-state index is 0.00353. The highest BCUT2D eigenvalue weighted by atomic mass is 16.3. The topological polar surface area (TPSA) is 66.6 Å². The summed E-state index contributed by atoms with van der Waals surface area (Å²) in [6.45, 7) is 3.02. The SMILES string of the molecule is CC1CCCC(C(=O)N2CCCC2CO)C1N. The molecule has 4 unspecified atom stereocenters. The lowest BCUT2D eigenvalue weighted by Crippen LogP contribution is -2.50. The van der Waals surface area contributed by atoms with E-state index in [1.165, 1.54) is 0 Å². The summed E-state index contributed by atoms with van der Waals surface area (Å²) < 4.78 is 0. The van der Waals surface area contributed by atoms with Gasteiger partial charge in [0.05, 0.1) is 18.6 Å². The molecule has 2 aliphatic rings. The second-order valence-corrected chi connectivity index (χ2v) is 5.60. The van der Waals surface area contributed by atoms with Gasteiger partial charge in [-0.3, -0.25) is 4.79 Å². The summed E-state index contributed by atoms with van der Waals surface area (Å²) in [5.74, 6) is 0.597. The van der Waals surface area contributed by atoms with Crippen molar-refractivity contribution in [1.82, 2.24) is 4.90 Å². The number of nitrogens with zero attached hydrogens (tertiary/aromatic N) is 1. The lowest BCUT2D eigenvalue weighted by molar-refractivity contribution is -0.139. The maximum Gasteiger partial charge on any atom is 0.227 e. The first-order valence-electron chi connectivity index (χ1n) is 6.82. The van der Waals surface area contributed by atoms with Crippen LogP contribution in [0.3, 0.4) is 0 Å². The Bertz CT molecular complexity index is 283. The predicted molar refractivity (Wildman–Crippen MR) is 66.3 cm³/mol. The maximum absolute atomic E-state index is 12.5. The Morgan fingerprint density at radius 1 is 1.35 bits per heavy atom. The van der Waals surface area contributed by atoms with Gasteiger partial charge in [0.25, 0.3) is 0 Å². The van der Waals surface area contributed by atoms with Crippen LogP contribution in [0.15, 0.2) is 0 Å². The van der Waals surface area contributed by atoms with Gasteiger partial charge in [0.15, 0.2) is 0 Å². The van der Waals surface area contributed by atoms with E-state index in [0.29, 0.717) is 5.92 Å². The average Bonchev–Trinajstić information content (AvgIpc) is 2.80. The van der Waals surface area contributed by atoms with E-state index in [1.54, 1.807) is 0 Å². The highest BCUT2D eigenvalue weighted by Gasteiger charge is 2.38. The summed E-state index contributed by atoms with van der Waals surface area (Å²) in [5, 5.41) is 9.28. The number of rotatable bonds is 2. The number of likely N-dealkylation sites (tertiary alicyclic amines) is 1. The van der Waals surface area contributed by atoms with E-state index < -0.39 is 0 Å². The number of carbonyl (C=O) groups is 1. The first-order chi connectivity index (χ1) is 8.15. The molecule has 0 spiro atoms. The van der Waals surface area contributed by atoms with Gasteiger partial charge in [-0.15, -0.1) is 0 Å².